The minimum atomic E-state index is -0.348. The van der Waals surface area contributed by atoms with Gasteiger partial charge in [0.25, 0.3) is 5.91 Å². The van der Waals surface area contributed by atoms with Crippen LogP contribution in [0.4, 0.5) is 5.69 Å². The summed E-state index contributed by atoms with van der Waals surface area (Å²) < 4.78 is 12.3. The molecule has 1 fully saturated rings. The number of amides is 1. The molecule has 5 nitrogen and oxygen atoms in total. The maximum absolute atomic E-state index is 13.1. The average Bonchev–Trinajstić information content (AvgIpc) is 3.32. The summed E-state index contributed by atoms with van der Waals surface area (Å²) in [7, 11) is 0. The molecular weight excluding hydrogens is 378 g/mol. The maximum Gasteiger partial charge on any atom is 0.291 e. The van der Waals surface area contributed by atoms with E-state index in [4.69, 9.17) is 9.15 Å². The Morgan fingerprint density at radius 3 is 2.67 bits per heavy atom. The van der Waals surface area contributed by atoms with E-state index in [9.17, 15) is 9.59 Å². The van der Waals surface area contributed by atoms with Crippen molar-refractivity contribution in [3.8, 4) is 5.75 Å². The number of hydrogen-bond acceptors (Lipinski definition) is 4. The average molecular weight is 403 g/mol. The number of hydrogen-bond donors (Lipinski definition) is 1. The number of carbonyl (C=O) groups excluding carboxylic acids is 2. The molecular formula is C25H25NO4. The van der Waals surface area contributed by atoms with Crippen LogP contribution in [-0.4, -0.2) is 17.3 Å². The second-order valence-electron chi connectivity index (χ2n) is 8.42. The van der Waals surface area contributed by atoms with E-state index in [1.165, 1.54) is 0 Å². The molecule has 0 bridgehead atoms. The minimum absolute atomic E-state index is 0.0796. The van der Waals surface area contributed by atoms with E-state index in [1.807, 2.05) is 44.2 Å². The summed E-state index contributed by atoms with van der Waals surface area (Å²) in [5.41, 5.74) is 3.25. The summed E-state index contributed by atoms with van der Waals surface area (Å²) in [6, 6.07) is 11.3. The standard InChI is InChI=1S/C25H25NO4/c1-3-16-8-4-5-9-17(16)26-24(28)23-15(2)21-19(29-23)10-11-20-22(21)18(27)14-25(30-20)12-6-7-13-25/h4-5,8-11H,3,6-7,12-14H2,1-2H3,(H,26,28). The molecule has 1 spiro atoms. The zero-order valence-electron chi connectivity index (χ0n) is 17.3. The van der Waals surface area contributed by atoms with Gasteiger partial charge in [0.2, 0.25) is 0 Å². The Bertz CT molecular complexity index is 1170. The molecule has 1 amide bonds. The molecule has 5 rings (SSSR count). The van der Waals surface area contributed by atoms with Gasteiger partial charge in [0.15, 0.2) is 11.5 Å². The van der Waals surface area contributed by atoms with Crippen molar-refractivity contribution in [2.75, 3.05) is 5.32 Å². The highest BCUT2D eigenvalue weighted by atomic mass is 16.5. The van der Waals surface area contributed by atoms with Crippen LogP contribution in [0.2, 0.25) is 0 Å². The summed E-state index contributed by atoms with van der Waals surface area (Å²) in [6.07, 6.45) is 5.25. The van der Waals surface area contributed by atoms with Crippen LogP contribution in [0.5, 0.6) is 5.75 Å². The maximum atomic E-state index is 13.1. The Morgan fingerprint density at radius 1 is 1.13 bits per heavy atom. The molecule has 2 aromatic carbocycles. The lowest BCUT2D eigenvalue weighted by molar-refractivity contribution is 0.0454. The number of ketones is 1. The number of ether oxygens (including phenoxy) is 1. The van der Waals surface area contributed by atoms with E-state index in [0.717, 1.165) is 43.4 Å². The number of rotatable bonds is 3. The highest BCUT2D eigenvalue weighted by Crippen LogP contribution is 2.46. The van der Waals surface area contributed by atoms with Crippen LogP contribution < -0.4 is 10.1 Å². The number of aryl methyl sites for hydroxylation is 2. The van der Waals surface area contributed by atoms with Gasteiger partial charge in [-0.3, -0.25) is 9.59 Å². The molecule has 1 saturated carbocycles. The highest BCUT2D eigenvalue weighted by molar-refractivity contribution is 6.15. The third kappa shape index (κ3) is 2.92. The monoisotopic (exact) mass is 403 g/mol. The van der Waals surface area contributed by atoms with Crippen LogP contribution in [-0.2, 0) is 6.42 Å². The largest absolute Gasteiger partial charge is 0.486 e. The molecule has 0 unspecified atom stereocenters. The Kier molecular flexibility index (Phi) is 4.42. The van der Waals surface area contributed by atoms with E-state index in [1.54, 1.807) is 6.07 Å². The molecule has 30 heavy (non-hydrogen) atoms. The second kappa shape index (κ2) is 7.01. The third-order valence-electron chi connectivity index (χ3n) is 6.51. The third-order valence-corrected chi connectivity index (χ3v) is 6.51. The fourth-order valence-electron chi connectivity index (χ4n) is 4.98. The lowest BCUT2D eigenvalue weighted by atomic mass is 9.87. The van der Waals surface area contributed by atoms with Crippen molar-refractivity contribution in [1.82, 2.24) is 0 Å². The molecule has 1 aromatic heterocycles. The van der Waals surface area contributed by atoms with Gasteiger partial charge in [-0.2, -0.15) is 0 Å². The van der Waals surface area contributed by atoms with E-state index in [2.05, 4.69) is 5.32 Å². The first-order chi connectivity index (χ1) is 14.5. The molecule has 0 saturated heterocycles. The normalized spacial score (nSPS) is 17.2. The molecule has 1 N–H and O–H groups in total. The first-order valence-corrected chi connectivity index (χ1v) is 10.7. The molecule has 1 aliphatic carbocycles. The number of Topliss-reactive ketones (excluding diaryl/α,β-unsaturated/α-hetero) is 1. The van der Waals surface area contributed by atoms with Crippen LogP contribution in [0.1, 0.15) is 71.1 Å². The lowest BCUT2D eigenvalue weighted by Gasteiger charge is -2.34. The van der Waals surface area contributed by atoms with Crippen molar-refractivity contribution in [3.63, 3.8) is 0 Å². The topological polar surface area (TPSA) is 68.5 Å². The number of furan rings is 1. The number of nitrogens with one attached hydrogen (secondary N) is 1. The zero-order valence-corrected chi connectivity index (χ0v) is 17.3. The molecule has 5 heteroatoms. The smallest absolute Gasteiger partial charge is 0.291 e. The predicted octanol–water partition coefficient (Wildman–Crippen LogP) is 5.83. The first-order valence-electron chi connectivity index (χ1n) is 10.7. The molecule has 3 aromatic rings. The van der Waals surface area contributed by atoms with Crippen LogP contribution in [0.3, 0.4) is 0 Å². The van der Waals surface area contributed by atoms with Crippen LogP contribution in [0.15, 0.2) is 40.8 Å². The lowest BCUT2D eigenvalue weighted by Crippen LogP contribution is -2.39. The van der Waals surface area contributed by atoms with E-state index < -0.39 is 0 Å². The van der Waals surface area contributed by atoms with E-state index >= 15 is 0 Å². The van der Waals surface area contributed by atoms with Crippen LogP contribution in [0.25, 0.3) is 11.0 Å². The fraction of sp³-hybridized carbons (Fsp3) is 0.360. The van der Waals surface area contributed by atoms with Gasteiger partial charge in [0.1, 0.15) is 16.9 Å². The first kappa shape index (κ1) is 18.9. The van der Waals surface area contributed by atoms with Gasteiger partial charge in [-0.1, -0.05) is 25.1 Å². The van der Waals surface area contributed by atoms with Crippen molar-refractivity contribution in [1.29, 1.82) is 0 Å². The van der Waals surface area contributed by atoms with Crippen molar-refractivity contribution < 1.29 is 18.7 Å². The highest BCUT2D eigenvalue weighted by Gasteiger charge is 2.43. The summed E-state index contributed by atoms with van der Waals surface area (Å²) in [5, 5.41) is 3.66. The number of anilines is 1. The van der Waals surface area contributed by atoms with Gasteiger partial charge in [-0.25, -0.2) is 0 Å². The van der Waals surface area contributed by atoms with Gasteiger partial charge in [0.05, 0.1) is 12.0 Å². The van der Waals surface area contributed by atoms with Gasteiger partial charge in [-0.15, -0.1) is 0 Å². The Morgan fingerprint density at radius 2 is 1.90 bits per heavy atom. The molecule has 0 radical (unpaired) electrons. The van der Waals surface area contributed by atoms with Gasteiger partial charge in [-0.05, 0) is 62.8 Å². The fourth-order valence-corrected chi connectivity index (χ4v) is 4.98. The zero-order chi connectivity index (χ0) is 20.9. The molecule has 2 heterocycles. The molecule has 2 aliphatic rings. The van der Waals surface area contributed by atoms with Gasteiger partial charge in [0, 0.05) is 16.6 Å². The Balaban J connectivity index is 1.54. The van der Waals surface area contributed by atoms with Crippen molar-refractivity contribution >= 4 is 28.3 Å². The van der Waals surface area contributed by atoms with Crippen LogP contribution in [0, 0.1) is 6.92 Å². The minimum Gasteiger partial charge on any atom is -0.486 e. The van der Waals surface area contributed by atoms with Crippen molar-refractivity contribution in [2.24, 2.45) is 0 Å². The summed E-state index contributed by atoms with van der Waals surface area (Å²) >= 11 is 0. The summed E-state index contributed by atoms with van der Waals surface area (Å²) in [5.74, 6) is 0.622. The number of benzene rings is 2. The number of carbonyl (C=O) groups is 2. The summed E-state index contributed by atoms with van der Waals surface area (Å²) in [6.45, 7) is 3.88. The Labute approximate surface area is 175 Å². The summed E-state index contributed by atoms with van der Waals surface area (Å²) in [4.78, 5) is 26.1. The molecule has 1 aliphatic heterocycles. The molecule has 154 valence electrons. The number of para-hydroxylation sites is 1. The van der Waals surface area contributed by atoms with Crippen molar-refractivity contribution in [2.45, 2.75) is 58.0 Å². The SMILES string of the molecule is CCc1ccccc1NC(=O)c1oc2ccc3c(c2c1C)C(=O)CC1(CCCC1)O3. The van der Waals surface area contributed by atoms with Gasteiger partial charge < -0.3 is 14.5 Å². The quantitative estimate of drug-likeness (QED) is 0.597. The van der Waals surface area contributed by atoms with E-state index in [0.29, 0.717) is 34.3 Å². The predicted molar refractivity (Wildman–Crippen MR) is 115 cm³/mol. The van der Waals surface area contributed by atoms with Crippen LogP contribution >= 0.6 is 0 Å². The second-order valence-corrected chi connectivity index (χ2v) is 8.42. The van der Waals surface area contributed by atoms with Crippen molar-refractivity contribution in [3.05, 3.63) is 58.8 Å². The van der Waals surface area contributed by atoms with Gasteiger partial charge >= 0.3 is 0 Å². The Hall–Kier alpha value is -3.08. The molecule has 0 atom stereocenters. The number of fused-ring (bicyclic) bond motifs is 3. The van der Waals surface area contributed by atoms with E-state index in [-0.39, 0.29) is 23.1 Å².